The maximum atomic E-state index is 12.9. The molecule has 0 saturated heterocycles. The normalized spacial score (nSPS) is 16.0. The maximum Gasteiger partial charge on any atom is 0.339 e. The SMILES string of the molecule is CCCCC(CC)COC(=O)C1=CCC=C(C)C=C1C(=O)OCC(CC)CCCC. The molecule has 1 rings (SSSR count). The highest BCUT2D eigenvalue weighted by molar-refractivity contribution is 6.07. The molecule has 2 atom stereocenters. The van der Waals surface area contributed by atoms with Crippen LogP contribution in [-0.4, -0.2) is 25.2 Å². The average Bonchev–Trinajstić information content (AvgIpc) is 2.95. The van der Waals surface area contributed by atoms with Gasteiger partial charge in [-0.3, -0.25) is 0 Å². The number of carbonyl (C=O) groups excluding carboxylic acids is 2. The Hall–Kier alpha value is -1.84. The van der Waals surface area contributed by atoms with Gasteiger partial charge in [-0.15, -0.1) is 0 Å². The van der Waals surface area contributed by atoms with Crippen LogP contribution in [0.1, 0.15) is 92.4 Å². The molecular formula is C26H42O4. The number of hydrogen-bond donors (Lipinski definition) is 0. The Bertz CT molecular complexity index is 627. The molecule has 170 valence electrons. The summed E-state index contributed by atoms with van der Waals surface area (Å²) in [6, 6.07) is 0. The molecule has 0 heterocycles. The molecule has 0 aromatic carbocycles. The molecule has 0 amide bonds. The summed E-state index contributed by atoms with van der Waals surface area (Å²) < 4.78 is 11.3. The van der Waals surface area contributed by atoms with E-state index in [2.05, 4.69) is 27.7 Å². The largest absolute Gasteiger partial charge is 0.462 e. The van der Waals surface area contributed by atoms with Crippen LogP contribution in [0, 0.1) is 11.8 Å². The van der Waals surface area contributed by atoms with Gasteiger partial charge in [0.25, 0.3) is 0 Å². The summed E-state index contributed by atoms with van der Waals surface area (Å²) in [4.78, 5) is 25.7. The standard InChI is InChI=1S/C26H42O4/c1-6-10-14-21(8-3)18-29-25(27)23-16-12-13-20(5)17-24(23)26(28)30-19-22(9-4)15-11-7-2/h13,16-17,21-22H,6-12,14-15,18-19H2,1-5H3. The van der Waals surface area contributed by atoms with Gasteiger partial charge >= 0.3 is 11.9 Å². The first-order valence-electron chi connectivity index (χ1n) is 11.9. The predicted octanol–water partition coefficient (Wildman–Crippen LogP) is 6.71. The maximum absolute atomic E-state index is 12.9. The lowest BCUT2D eigenvalue weighted by Gasteiger charge is -2.18. The third-order valence-corrected chi connectivity index (χ3v) is 5.85. The van der Waals surface area contributed by atoms with E-state index in [4.69, 9.17) is 9.47 Å². The molecule has 0 radical (unpaired) electrons. The molecule has 30 heavy (non-hydrogen) atoms. The molecule has 0 aromatic rings. The van der Waals surface area contributed by atoms with Crippen molar-refractivity contribution in [1.29, 1.82) is 0 Å². The van der Waals surface area contributed by atoms with Gasteiger partial charge in [0.2, 0.25) is 0 Å². The van der Waals surface area contributed by atoms with Crippen LogP contribution in [-0.2, 0) is 19.1 Å². The topological polar surface area (TPSA) is 52.6 Å². The molecule has 0 fully saturated rings. The van der Waals surface area contributed by atoms with Crippen molar-refractivity contribution < 1.29 is 19.1 Å². The van der Waals surface area contributed by atoms with Gasteiger partial charge in [-0.25, -0.2) is 9.59 Å². The lowest BCUT2D eigenvalue weighted by Crippen LogP contribution is -2.21. The van der Waals surface area contributed by atoms with Crippen LogP contribution in [0.5, 0.6) is 0 Å². The molecule has 0 saturated carbocycles. The van der Waals surface area contributed by atoms with E-state index >= 15 is 0 Å². The van der Waals surface area contributed by atoms with Crippen molar-refractivity contribution in [1.82, 2.24) is 0 Å². The first kappa shape index (κ1) is 26.2. The Kier molecular flexibility index (Phi) is 13.1. The molecule has 4 heteroatoms. The van der Waals surface area contributed by atoms with Crippen molar-refractivity contribution in [2.75, 3.05) is 13.2 Å². The minimum Gasteiger partial charge on any atom is -0.462 e. The van der Waals surface area contributed by atoms with E-state index in [9.17, 15) is 9.59 Å². The molecule has 0 aliphatic heterocycles. The van der Waals surface area contributed by atoms with Gasteiger partial charge in [0.1, 0.15) is 0 Å². The number of rotatable bonds is 14. The molecule has 2 unspecified atom stereocenters. The van der Waals surface area contributed by atoms with Gasteiger partial charge in [0.05, 0.1) is 24.4 Å². The zero-order valence-corrected chi connectivity index (χ0v) is 19.8. The second kappa shape index (κ2) is 15.0. The molecule has 4 nitrogen and oxygen atoms in total. The summed E-state index contributed by atoms with van der Waals surface area (Å²) in [5.74, 6) is -0.126. The van der Waals surface area contributed by atoms with Crippen molar-refractivity contribution in [3.8, 4) is 0 Å². The van der Waals surface area contributed by atoms with E-state index < -0.39 is 11.9 Å². The van der Waals surface area contributed by atoms with Crippen molar-refractivity contribution >= 4 is 11.9 Å². The molecular weight excluding hydrogens is 376 g/mol. The van der Waals surface area contributed by atoms with Crippen LogP contribution in [0.4, 0.5) is 0 Å². The monoisotopic (exact) mass is 418 g/mol. The Balaban J connectivity index is 2.81. The van der Waals surface area contributed by atoms with Crippen molar-refractivity contribution in [2.45, 2.75) is 92.4 Å². The first-order chi connectivity index (χ1) is 14.5. The molecule has 0 spiro atoms. The highest BCUT2D eigenvalue weighted by Crippen LogP contribution is 2.23. The lowest BCUT2D eigenvalue weighted by molar-refractivity contribution is -0.144. The fourth-order valence-electron chi connectivity index (χ4n) is 3.54. The molecule has 0 bridgehead atoms. The molecule has 1 aliphatic rings. The second-order valence-electron chi connectivity index (χ2n) is 8.39. The van der Waals surface area contributed by atoms with Gasteiger partial charge in [-0.2, -0.15) is 0 Å². The Labute approximate surface area is 183 Å². The highest BCUT2D eigenvalue weighted by Gasteiger charge is 2.25. The van der Waals surface area contributed by atoms with E-state index in [1.165, 1.54) is 0 Å². The number of unbranched alkanes of at least 4 members (excludes halogenated alkanes) is 2. The number of hydrogen-bond acceptors (Lipinski definition) is 4. The fraction of sp³-hybridized carbons (Fsp3) is 0.692. The summed E-state index contributed by atoms with van der Waals surface area (Å²) in [6.45, 7) is 11.3. The van der Waals surface area contributed by atoms with Gasteiger partial charge in [-0.05, 0) is 44.1 Å². The smallest absolute Gasteiger partial charge is 0.339 e. The molecule has 0 aromatic heterocycles. The summed E-state index contributed by atoms with van der Waals surface area (Å²) in [7, 11) is 0. The van der Waals surface area contributed by atoms with Gasteiger partial charge in [-0.1, -0.05) is 83.9 Å². The van der Waals surface area contributed by atoms with Gasteiger partial charge < -0.3 is 9.47 Å². The van der Waals surface area contributed by atoms with Crippen LogP contribution in [0.3, 0.4) is 0 Å². The lowest BCUT2D eigenvalue weighted by atomic mass is 10.00. The van der Waals surface area contributed by atoms with Crippen LogP contribution in [0.2, 0.25) is 0 Å². The van der Waals surface area contributed by atoms with Crippen LogP contribution in [0.25, 0.3) is 0 Å². The predicted molar refractivity (Wildman–Crippen MR) is 123 cm³/mol. The molecule has 0 N–H and O–H groups in total. The second-order valence-corrected chi connectivity index (χ2v) is 8.39. The molecule has 1 aliphatic carbocycles. The quantitative estimate of drug-likeness (QED) is 0.294. The zero-order chi connectivity index (χ0) is 22.4. The Morgan fingerprint density at radius 1 is 0.833 bits per heavy atom. The van der Waals surface area contributed by atoms with Crippen LogP contribution in [0.15, 0.2) is 34.9 Å². The average molecular weight is 419 g/mol. The van der Waals surface area contributed by atoms with Crippen molar-refractivity contribution in [3.63, 3.8) is 0 Å². The van der Waals surface area contributed by atoms with Crippen LogP contribution < -0.4 is 0 Å². The minimum atomic E-state index is -0.430. The van der Waals surface area contributed by atoms with Crippen LogP contribution >= 0.6 is 0 Å². The number of esters is 2. The third kappa shape index (κ3) is 9.32. The Morgan fingerprint density at radius 2 is 1.33 bits per heavy atom. The van der Waals surface area contributed by atoms with Crippen molar-refractivity contribution in [3.05, 3.63) is 34.9 Å². The number of ether oxygens (including phenoxy) is 2. The van der Waals surface area contributed by atoms with E-state index in [-0.39, 0.29) is 0 Å². The first-order valence-corrected chi connectivity index (χ1v) is 11.9. The summed E-state index contributed by atoms with van der Waals surface area (Å²) in [5, 5.41) is 0. The highest BCUT2D eigenvalue weighted by atomic mass is 16.5. The Morgan fingerprint density at radius 3 is 1.80 bits per heavy atom. The van der Waals surface area contributed by atoms with E-state index in [1.54, 1.807) is 12.2 Å². The summed E-state index contributed by atoms with van der Waals surface area (Å²) in [6.07, 6.45) is 14.7. The summed E-state index contributed by atoms with van der Waals surface area (Å²) >= 11 is 0. The van der Waals surface area contributed by atoms with E-state index in [1.807, 2.05) is 13.0 Å². The fourth-order valence-corrected chi connectivity index (χ4v) is 3.54. The third-order valence-electron chi connectivity index (χ3n) is 5.85. The van der Waals surface area contributed by atoms with E-state index in [0.717, 1.165) is 56.9 Å². The van der Waals surface area contributed by atoms with Gasteiger partial charge in [0, 0.05) is 0 Å². The zero-order valence-electron chi connectivity index (χ0n) is 19.8. The van der Waals surface area contributed by atoms with E-state index in [0.29, 0.717) is 42.6 Å². The van der Waals surface area contributed by atoms with Gasteiger partial charge in [0.15, 0.2) is 0 Å². The summed E-state index contributed by atoms with van der Waals surface area (Å²) in [5.41, 5.74) is 1.60. The minimum absolute atomic E-state index is 0.318. The number of carbonyl (C=O) groups is 2. The van der Waals surface area contributed by atoms with Crippen molar-refractivity contribution in [2.24, 2.45) is 11.8 Å². The number of allylic oxidation sites excluding steroid dienone is 4.